The van der Waals surface area contributed by atoms with Crippen LogP contribution in [0.1, 0.15) is 4.88 Å². The number of benzene rings is 1. The Morgan fingerprint density at radius 2 is 1.95 bits per heavy atom. The number of sulfonamides is 1. The predicted molar refractivity (Wildman–Crippen MR) is 66.2 cm³/mol. The van der Waals surface area contributed by atoms with Gasteiger partial charge in [0.15, 0.2) is 0 Å². The molecule has 2 rings (SSSR count). The van der Waals surface area contributed by atoms with E-state index in [0.717, 1.165) is 29.5 Å². The van der Waals surface area contributed by atoms with E-state index in [1.807, 2.05) is 4.72 Å². The Bertz CT molecular complexity index is 763. The molecular weight excluding hydrogens is 294 g/mol. The zero-order valence-corrected chi connectivity index (χ0v) is 10.9. The quantitative estimate of drug-likeness (QED) is 0.947. The highest BCUT2D eigenvalue weighted by Gasteiger charge is 2.19. The topological polar surface area (TPSA) is 70.0 Å². The van der Waals surface area contributed by atoms with Gasteiger partial charge < -0.3 is 0 Å². The molecule has 0 radical (unpaired) electrons. The summed E-state index contributed by atoms with van der Waals surface area (Å²) >= 11 is 0.741. The van der Waals surface area contributed by atoms with Crippen LogP contribution in [0.4, 0.5) is 14.5 Å². The first kappa shape index (κ1) is 13.5. The molecule has 98 valence electrons. The average molecular weight is 300 g/mol. The highest BCUT2D eigenvalue weighted by Crippen LogP contribution is 2.25. The van der Waals surface area contributed by atoms with Gasteiger partial charge in [-0.1, -0.05) is 0 Å². The lowest BCUT2D eigenvalue weighted by Crippen LogP contribution is -2.12. The van der Waals surface area contributed by atoms with Crippen LogP contribution in [0.15, 0.2) is 34.5 Å². The van der Waals surface area contributed by atoms with Crippen LogP contribution in [0.3, 0.4) is 0 Å². The Morgan fingerprint density at radius 1 is 1.21 bits per heavy atom. The number of nitrogens with zero attached hydrogens (tertiary/aromatic N) is 1. The van der Waals surface area contributed by atoms with Gasteiger partial charge in [-0.05, 0) is 24.3 Å². The van der Waals surface area contributed by atoms with Crippen molar-refractivity contribution in [3.8, 4) is 6.07 Å². The molecule has 0 aliphatic heterocycles. The molecule has 1 heterocycles. The minimum Gasteiger partial charge on any atom is -0.276 e. The van der Waals surface area contributed by atoms with Crippen LogP contribution in [0.2, 0.25) is 0 Å². The van der Waals surface area contributed by atoms with Crippen molar-refractivity contribution in [3.63, 3.8) is 0 Å². The molecule has 0 amide bonds. The number of halogens is 2. The maximum absolute atomic E-state index is 13.3. The number of nitrogens with one attached hydrogen (secondary N) is 1. The molecule has 19 heavy (non-hydrogen) atoms. The number of nitriles is 1. The fourth-order valence-corrected chi connectivity index (χ4v) is 3.46. The normalized spacial score (nSPS) is 11.0. The Labute approximate surface area is 112 Å². The Balaban J connectivity index is 2.36. The van der Waals surface area contributed by atoms with E-state index in [1.165, 1.54) is 12.1 Å². The largest absolute Gasteiger partial charge is 0.276 e. The molecule has 0 saturated carbocycles. The minimum atomic E-state index is -4.03. The molecule has 0 saturated heterocycles. The zero-order valence-electron chi connectivity index (χ0n) is 9.22. The van der Waals surface area contributed by atoms with Crippen molar-refractivity contribution in [2.24, 2.45) is 0 Å². The van der Waals surface area contributed by atoms with Crippen LogP contribution < -0.4 is 4.72 Å². The summed E-state index contributed by atoms with van der Waals surface area (Å²) in [5, 5.41) is 8.62. The van der Waals surface area contributed by atoms with E-state index in [4.69, 9.17) is 5.26 Å². The lowest BCUT2D eigenvalue weighted by Gasteiger charge is -2.07. The molecule has 4 nitrogen and oxygen atoms in total. The van der Waals surface area contributed by atoms with Crippen molar-refractivity contribution in [1.29, 1.82) is 5.26 Å². The van der Waals surface area contributed by atoms with Crippen molar-refractivity contribution in [2.75, 3.05) is 4.72 Å². The van der Waals surface area contributed by atoms with Crippen molar-refractivity contribution in [1.82, 2.24) is 0 Å². The summed E-state index contributed by atoms with van der Waals surface area (Å²) in [6.45, 7) is 0. The smallest absolute Gasteiger partial charge is 0.271 e. The van der Waals surface area contributed by atoms with E-state index in [0.29, 0.717) is 0 Å². The molecule has 0 aliphatic rings. The third kappa shape index (κ3) is 2.89. The molecule has 0 atom stereocenters. The van der Waals surface area contributed by atoms with Crippen molar-refractivity contribution in [2.45, 2.75) is 4.21 Å². The standard InChI is InChI=1S/C11H6F2N2O2S2/c12-7-1-3-9(13)10(5-7)15-19(16,17)11-4-2-8(6-14)18-11/h1-5,15H. The Morgan fingerprint density at radius 3 is 2.58 bits per heavy atom. The third-order valence-electron chi connectivity index (χ3n) is 2.13. The van der Waals surface area contributed by atoms with E-state index in [-0.39, 0.29) is 9.09 Å². The van der Waals surface area contributed by atoms with Gasteiger partial charge in [0.1, 0.15) is 26.8 Å². The van der Waals surface area contributed by atoms with Gasteiger partial charge in [-0.2, -0.15) is 5.26 Å². The molecule has 0 bridgehead atoms. The van der Waals surface area contributed by atoms with Gasteiger partial charge in [-0.25, -0.2) is 17.2 Å². The summed E-state index contributed by atoms with van der Waals surface area (Å²) in [6, 6.07) is 6.80. The van der Waals surface area contributed by atoms with Gasteiger partial charge in [0.2, 0.25) is 0 Å². The van der Waals surface area contributed by atoms with Crippen LogP contribution in [-0.2, 0) is 10.0 Å². The second-order valence-electron chi connectivity index (χ2n) is 3.46. The SMILES string of the molecule is N#Cc1ccc(S(=O)(=O)Nc2cc(F)ccc2F)s1. The van der Waals surface area contributed by atoms with Gasteiger partial charge in [0.05, 0.1) is 5.69 Å². The number of anilines is 1. The molecule has 1 aromatic carbocycles. The number of hydrogen-bond acceptors (Lipinski definition) is 4. The highest BCUT2D eigenvalue weighted by atomic mass is 32.2. The van der Waals surface area contributed by atoms with Crippen LogP contribution in [0.5, 0.6) is 0 Å². The van der Waals surface area contributed by atoms with E-state index in [2.05, 4.69) is 0 Å². The maximum Gasteiger partial charge on any atom is 0.271 e. The fraction of sp³-hybridized carbons (Fsp3) is 0. The lowest BCUT2D eigenvalue weighted by atomic mass is 10.3. The van der Waals surface area contributed by atoms with E-state index < -0.39 is 27.3 Å². The first-order valence-corrected chi connectivity index (χ1v) is 7.20. The van der Waals surface area contributed by atoms with Crippen LogP contribution >= 0.6 is 11.3 Å². The summed E-state index contributed by atoms with van der Waals surface area (Å²) in [6.07, 6.45) is 0. The molecular formula is C11H6F2N2O2S2. The minimum absolute atomic E-state index is 0.146. The third-order valence-corrected chi connectivity index (χ3v) is 4.98. The molecule has 2 aromatic rings. The summed E-state index contributed by atoms with van der Waals surface area (Å²) < 4.78 is 51.9. The van der Waals surface area contributed by atoms with E-state index in [9.17, 15) is 17.2 Å². The average Bonchev–Trinajstić information content (AvgIpc) is 2.83. The molecule has 0 aliphatic carbocycles. The molecule has 1 aromatic heterocycles. The maximum atomic E-state index is 13.3. The monoisotopic (exact) mass is 300 g/mol. The zero-order chi connectivity index (χ0) is 14.0. The first-order chi connectivity index (χ1) is 8.92. The lowest BCUT2D eigenvalue weighted by molar-refractivity contribution is 0.595. The number of hydrogen-bond donors (Lipinski definition) is 1. The summed E-state index contributed by atoms with van der Waals surface area (Å²) in [5.41, 5.74) is -0.480. The first-order valence-electron chi connectivity index (χ1n) is 4.90. The second-order valence-corrected chi connectivity index (χ2v) is 6.45. The summed E-state index contributed by atoms with van der Waals surface area (Å²) in [5.74, 6) is -1.65. The van der Waals surface area contributed by atoms with E-state index >= 15 is 0 Å². The molecule has 0 fully saturated rings. The van der Waals surface area contributed by atoms with Gasteiger partial charge in [0, 0.05) is 6.07 Å². The Hall–Kier alpha value is -1.98. The number of rotatable bonds is 3. The predicted octanol–water partition coefficient (Wildman–Crippen LogP) is 2.70. The fourth-order valence-electron chi connectivity index (χ4n) is 1.30. The van der Waals surface area contributed by atoms with Crippen molar-refractivity contribution >= 4 is 27.0 Å². The van der Waals surface area contributed by atoms with Gasteiger partial charge in [0.25, 0.3) is 10.0 Å². The highest BCUT2D eigenvalue weighted by molar-refractivity contribution is 7.94. The van der Waals surface area contributed by atoms with Crippen LogP contribution in [-0.4, -0.2) is 8.42 Å². The van der Waals surface area contributed by atoms with Gasteiger partial charge in [-0.3, -0.25) is 4.72 Å². The van der Waals surface area contributed by atoms with Gasteiger partial charge >= 0.3 is 0 Å². The summed E-state index contributed by atoms with van der Waals surface area (Å²) in [7, 11) is -4.03. The van der Waals surface area contributed by atoms with Crippen molar-refractivity contribution in [3.05, 3.63) is 46.8 Å². The molecule has 1 N–H and O–H groups in total. The second kappa shape index (κ2) is 4.95. The molecule has 0 unspecified atom stereocenters. The molecule has 8 heteroatoms. The van der Waals surface area contributed by atoms with Crippen molar-refractivity contribution < 1.29 is 17.2 Å². The number of thiophene rings is 1. The van der Waals surface area contributed by atoms with Crippen LogP contribution in [0, 0.1) is 23.0 Å². The summed E-state index contributed by atoms with van der Waals surface area (Å²) in [4.78, 5) is 0.208. The van der Waals surface area contributed by atoms with Gasteiger partial charge in [-0.15, -0.1) is 11.3 Å². The Kier molecular flexibility index (Phi) is 3.50. The van der Waals surface area contributed by atoms with E-state index in [1.54, 1.807) is 6.07 Å². The van der Waals surface area contributed by atoms with Crippen LogP contribution in [0.25, 0.3) is 0 Å². The molecule has 0 spiro atoms.